The maximum absolute atomic E-state index is 13.7. The first-order chi connectivity index (χ1) is 16.3. The van der Waals surface area contributed by atoms with Gasteiger partial charge in [-0.05, 0) is 18.2 Å². The number of rotatable bonds is 5. The number of amides is 1. The van der Waals surface area contributed by atoms with Gasteiger partial charge in [0.2, 0.25) is 0 Å². The summed E-state index contributed by atoms with van der Waals surface area (Å²) in [7, 11) is 3.21. The third-order valence-corrected chi connectivity index (χ3v) is 6.09. The van der Waals surface area contributed by atoms with Gasteiger partial charge in [0.15, 0.2) is 11.5 Å². The molecule has 34 heavy (non-hydrogen) atoms. The molecule has 0 spiro atoms. The van der Waals surface area contributed by atoms with Crippen LogP contribution in [0.25, 0.3) is 11.3 Å². The zero-order valence-electron chi connectivity index (χ0n) is 19.7. The van der Waals surface area contributed by atoms with Gasteiger partial charge in [-0.1, -0.05) is 50.2 Å². The van der Waals surface area contributed by atoms with Crippen LogP contribution in [0.3, 0.4) is 0 Å². The maximum Gasteiger partial charge on any atom is 0.277 e. The molecule has 1 N–H and O–H groups in total. The van der Waals surface area contributed by atoms with Crippen LogP contribution in [-0.2, 0) is 5.41 Å². The van der Waals surface area contributed by atoms with Gasteiger partial charge in [0.05, 0.1) is 26.0 Å². The largest absolute Gasteiger partial charge is 0.493 e. The van der Waals surface area contributed by atoms with Gasteiger partial charge in [0, 0.05) is 33.9 Å². The molecule has 1 aliphatic rings. The van der Waals surface area contributed by atoms with Crippen molar-refractivity contribution in [2.45, 2.75) is 32.2 Å². The topological polar surface area (TPSA) is 93.5 Å². The summed E-state index contributed by atoms with van der Waals surface area (Å²) >= 11 is 0. The van der Waals surface area contributed by atoms with Crippen LogP contribution in [0, 0.1) is 0 Å². The Morgan fingerprint density at radius 1 is 1.03 bits per heavy atom. The van der Waals surface area contributed by atoms with Crippen molar-refractivity contribution in [2.24, 2.45) is 0 Å². The number of nitrogens with zero attached hydrogens (tertiary/aromatic N) is 3. The SMILES string of the molecule is COc1cccc(C2c3c(C(C)(C)C)n[nH]c3C(=O)N2c2ccc(-c3ccon3)cc2)c1OC. The van der Waals surface area contributed by atoms with Crippen LogP contribution in [0.5, 0.6) is 11.5 Å². The third kappa shape index (κ3) is 3.34. The summed E-state index contributed by atoms with van der Waals surface area (Å²) in [6, 6.07) is 14.7. The number of benzene rings is 2. The van der Waals surface area contributed by atoms with E-state index in [1.165, 1.54) is 6.26 Å². The predicted molar refractivity (Wildman–Crippen MR) is 127 cm³/mol. The molecule has 0 bridgehead atoms. The third-order valence-electron chi connectivity index (χ3n) is 6.09. The molecular weight excluding hydrogens is 432 g/mol. The lowest BCUT2D eigenvalue weighted by atomic mass is 9.85. The Morgan fingerprint density at radius 2 is 1.79 bits per heavy atom. The number of para-hydroxylation sites is 1. The van der Waals surface area contributed by atoms with Crippen molar-refractivity contribution in [3.63, 3.8) is 0 Å². The van der Waals surface area contributed by atoms with E-state index in [0.717, 1.165) is 33.8 Å². The normalized spacial score (nSPS) is 15.5. The molecule has 0 radical (unpaired) electrons. The molecule has 4 aromatic rings. The zero-order chi connectivity index (χ0) is 24.0. The summed E-state index contributed by atoms with van der Waals surface area (Å²) in [5, 5.41) is 11.5. The van der Waals surface area contributed by atoms with E-state index in [9.17, 15) is 4.79 Å². The highest BCUT2D eigenvalue weighted by atomic mass is 16.5. The smallest absolute Gasteiger partial charge is 0.277 e. The predicted octanol–water partition coefficient (Wildman–Crippen LogP) is 5.13. The summed E-state index contributed by atoms with van der Waals surface area (Å²) in [4.78, 5) is 15.5. The average Bonchev–Trinajstić information content (AvgIpc) is 3.56. The van der Waals surface area contributed by atoms with Gasteiger partial charge >= 0.3 is 0 Å². The minimum absolute atomic E-state index is 0.151. The van der Waals surface area contributed by atoms with Crippen molar-refractivity contribution in [2.75, 3.05) is 19.1 Å². The molecule has 0 saturated heterocycles. The Bertz CT molecular complexity index is 1330. The molecule has 5 rings (SSSR count). The van der Waals surface area contributed by atoms with E-state index in [0.29, 0.717) is 17.2 Å². The van der Waals surface area contributed by atoms with E-state index in [2.05, 4.69) is 36.1 Å². The molecule has 2 aromatic heterocycles. The Labute approximate surface area is 197 Å². The number of carbonyl (C=O) groups is 1. The van der Waals surface area contributed by atoms with Crippen LogP contribution in [-0.4, -0.2) is 35.5 Å². The number of aromatic amines is 1. The first-order valence-electron chi connectivity index (χ1n) is 11.0. The molecule has 0 saturated carbocycles. The number of H-pyrrole nitrogens is 1. The Balaban J connectivity index is 1.70. The zero-order valence-corrected chi connectivity index (χ0v) is 19.7. The van der Waals surface area contributed by atoms with Crippen LogP contribution in [0.2, 0.25) is 0 Å². The fourth-order valence-corrected chi connectivity index (χ4v) is 4.56. The van der Waals surface area contributed by atoms with Crippen molar-refractivity contribution < 1.29 is 18.8 Å². The number of hydrogen-bond donors (Lipinski definition) is 1. The van der Waals surface area contributed by atoms with Crippen molar-refractivity contribution in [3.05, 3.63) is 77.3 Å². The Morgan fingerprint density at radius 3 is 2.41 bits per heavy atom. The molecular formula is C26H26N4O4. The van der Waals surface area contributed by atoms with Crippen LogP contribution in [0.4, 0.5) is 5.69 Å². The highest BCUT2D eigenvalue weighted by Gasteiger charge is 2.46. The summed E-state index contributed by atoms with van der Waals surface area (Å²) in [6.07, 6.45) is 1.53. The number of hydrogen-bond acceptors (Lipinski definition) is 6. The van der Waals surface area contributed by atoms with E-state index < -0.39 is 6.04 Å². The minimum atomic E-state index is -0.446. The van der Waals surface area contributed by atoms with E-state index in [1.807, 2.05) is 42.5 Å². The van der Waals surface area contributed by atoms with E-state index in [-0.39, 0.29) is 11.3 Å². The second kappa shape index (κ2) is 8.06. The van der Waals surface area contributed by atoms with Gasteiger partial charge in [-0.25, -0.2) is 0 Å². The molecule has 0 aliphatic carbocycles. The lowest BCUT2D eigenvalue weighted by molar-refractivity contribution is 0.0988. The first-order valence-corrected chi connectivity index (χ1v) is 11.0. The molecule has 1 atom stereocenters. The van der Waals surface area contributed by atoms with Crippen LogP contribution >= 0.6 is 0 Å². The molecule has 0 fully saturated rings. The van der Waals surface area contributed by atoms with Gasteiger partial charge in [-0.15, -0.1) is 0 Å². The summed E-state index contributed by atoms with van der Waals surface area (Å²) in [5.41, 5.74) is 5.10. The second-order valence-corrected chi connectivity index (χ2v) is 9.20. The lowest BCUT2D eigenvalue weighted by Gasteiger charge is -2.29. The van der Waals surface area contributed by atoms with E-state index >= 15 is 0 Å². The number of methoxy groups -OCH3 is 2. The summed E-state index contributed by atoms with van der Waals surface area (Å²) < 4.78 is 16.3. The molecule has 3 heterocycles. The van der Waals surface area contributed by atoms with Gasteiger partial charge in [0.25, 0.3) is 5.91 Å². The molecule has 174 valence electrons. The van der Waals surface area contributed by atoms with Crippen LogP contribution < -0.4 is 14.4 Å². The molecule has 8 heteroatoms. The molecule has 1 aliphatic heterocycles. The van der Waals surface area contributed by atoms with E-state index in [4.69, 9.17) is 14.0 Å². The fourth-order valence-electron chi connectivity index (χ4n) is 4.56. The highest BCUT2D eigenvalue weighted by molar-refractivity contribution is 6.11. The number of aromatic nitrogens is 3. The molecule has 1 amide bonds. The number of fused-ring (bicyclic) bond motifs is 1. The second-order valence-electron chi connectivity index (χ2n) is 9.20. The average molecular weight is 459 g/mol. The highest BCUT2D eigenvalue weighted by Crippen LogP contribution is 2.49. The van der Waals surface area contributed by atoms with Crippen molar-refractivity contribution >= 4 is 11.6 Å². The van der Waals surface area contributed by atoms with Crippen molar-refractivity contribution in [1.29, 1.82) is 0 Å². The number of nitrogens with one attached hydrogen (secondary N) is 1. The summed E-state index contributed by atoms with van der Waals surface area (Å²) in [6.45, 7) is 6.26. The van der Waals surface area contributed by atoms with Crippen LogP contribution in [0.1, 0.15) is 54.1 Å². The van der Waals surface area contributed by atoms with Gasteiger partial charge < -0.3 is 14.0 Å². The number of anilines is 1. The molecule has 2 aromatic carbocycles. The van der Waals surface area contributed by atoms with E-state index in [1.54, 1.807) is 25.2 Å². The monoisotopic (exact) mass is 458 g/mol. The van der Waals surface area contributed by atoms with Gasteiger partial charge in [-0.3, -0.25) is 14.8 Å². The summed E-state index contributed by atoms with van der Waals surface area (Å²) in [5.74, 6) is 1.03. The Hall–Kier alpha value is -4.07. The molecule has 8 nitrogen and oxygen atoms in total. The van der Waals surface area contributed by atoms with Gasteiger partial charge in [0.1, 0.15) is 17.7 Å². The Kier molecular flexibility index (Phi) is 5.16. The lowest BCUT2D eigenvalue weighted by Crippen LogP contribution is -2.30. The minimum Gasteiger partial charge on any atom is -0.493 e. The van der Waals surface area contributed by atoms with Crippen molar-refractivity contribution in [3.8, 4) is 22.8 Å². The standard InChI is InChI=1S/C26H26N4O4/c1-26(2,3)24-20-21(27-28-24)25(31)30(16-11-9-15(10-12-16)18-13-14-34-29-18)22(20)17-7-6-8-19(32-4)23(17)33-5/h6-14,22H,1-5H3,(H,27,28). The quantitative estimate of drug-likeness (QED) is 0.446. The maximum atomic E-state index is 13.7. The van der Waals surface area contributed by atoms with Crippen LogP contribution in [0.15, 0.2) is 59.3 Å². The van der Waals surface area contributed by atoms with Crippen molar-refractivity contribution in [1.82, 2.24) is 15.4 Å². The molecule has 1 unspecified atom stereocenters. The van der Waals surface area contributed by atoms with Gasteiger partial charge in [-0.2, -0.15) is 5.10 Å². The fraction of sp³-hybridized carbons (Fsp3) is 0.269. The number of carbonyl (C=O) groups excluding carboxylic acids is 1. The first kappa shape index (κ1) is 21.8. The number of ether oxygens (including phenoxy) is 2.